The first kappa shape index (κ1) is 19.0. The molecular weight excluding hydrogens is 327 g/mol. The molecule has 1 aliphatic heterocycles. The molecule has 0 bridgehead atoms. The summed E-state index contributed by atoms with van der Waals surface area (Å²) in [7, 11) is 3.85. The number of ether oxygens (including phenoxy) is 1. The van der Waals surface area contributed by atoms with Gasteiger partial charge in [0.05, 0.1) is 12.7 Å². The van der Waals surface area contributed by atoms with Crippen LogP contribution in [0.1, 0.15) is 11.1 Å². The highest BCUT2D eigenvalue weighted by Crippen LogP contribution is 2.16. The van der Waals surface area contributed by atoms with Gasteiger partial charge in [-0.2, -0.15) is 11.8 Å². The van der Waals surface area contributed by atoms with Crippen LogP contribution in [0, 0.1) is 5.82 Å². The van der Waals surface area contributed by atoms with Crippen LogP contribution < -0.4 is 10.6 Å². The molecule has 0 aliphatic carbocycles. The number of nitrogens with one attached hydrogen (secondary N) is 2. The number of hydrogen-bond acceptors (Lipinski definition) is 4. The number of aliphatic imine (C=N–C) groups is 1. The molecule has 7 heteroatoms. The lowest BCUT2D eigenvalue weighted by Crippen LogP contribution is -2.48. The van der Waals surface area contributed by atoms with Crippen LogP contribution in [0.2, 0.25) is 0 Å². The molecule has 0 saturated carbocycles. The third-order valence-electron chi connectivity index (χ3n) is 3.98. The van der Waals surface area contributed by atoms with Crippen molar-refractivity contribution in [2.75, 3.05) is 46.6 Å². The molecule has 1 fully saturated rings. The number of halogens is 1. The summed E-state index contributed by atoms with van der Waals surface area (Å²) in [5, 5.41) is 6.59. The van der Waals surface area contributed by atoms with E-state index in [0.29, 0.717) is 13.1 Å². The van der Waals surface area contributed by atoms with Crippen molar-refractivity contribution in [3.05, 3.63) is 35.1 Å². The van der Waals surface area contributed by atoms with Crippen LogP contribution in [-0.4, -0.2) is 63.6 Å². The molecule has 1 aromatic carbocycles. The molecular formula is C17H27FN4OS. The third kappa shape index (κ3) is 5.96. The lowest BCUT2D eigenvalue weighted by atomic mass is 10.1. The highest BCUT2D eigenvalue weighted by atomic mass is 32.2. The van der Waals surface area contributed by atoms with Gasteiger partial charge in [0.15, 0.2) is 5.96 Å². The summed E-state index contributed by atoms with van der Waals surface area (Å²) in [6, 6.07) is 4.94. The van der Waals surface area contributed by atoms with E-state index in [1.165, 1.54) is 6.07 Å². The van der Waals surface area contributed by atoms with E-state index in [0.717, 1.165) is 42.5 Å². The fourth-order valence-electron chi connectivity index (χ4n) is 2.66. The van der Waals surface area contributed by atoms with E-state index >= 15 is 0 Å². The Labute approximate surface area is 148 Å². The van der Waals surface area contributed by atoms with E-state index in [-0.39, 0.29) is 11.9 Å². The molecule has 5 nitrogen and oxygen atoms in total. The van der Waals surface area contributed by atoms with Gasteiger partial charge in [0.1, 0.15) is 5.82 Å². The van der Waals surface area contributed by atoms with Crippen molar-refractivity contribution < 1.29 is 9.13 Å². The van der Waals surface area contributed by atoms with E-state index in [2.05, 4.69) is 27.6 Å². The summed E-state index contributed by atoms with van der Waals surface area (Å²) >= 11 is 1.69. The monoisotopic (exact) mass is 354 g/mol. The van der Waals surface area contributed by atoms with Gasteiger partial charge in [0.25, 0.3) is 0 Å². The van der Waals surface area contributed by atoms with Crippen molar-refractivity contribution in [2.24, 2.45) is 4.99 Å². The molecule has 1 unspecified atom stereocenters. The molecule has 134 valence electrons. The lowest BCUT2D eigenvalue weighted by Gasteiger charge is -2.30. The quantitative estimate of drug-likeness (QED) is 0.601. The maximum atomic E-state index is 13.4. The molecule has 24 heavy (non-hydrogen) atoms. The van der Waals surface area contributed by atoms with E-state index in [1.54, 1.807) is 24.9 Å². The van der Waals surface area contributed by atoms with E-state index in [4.69, 9.17) is 4.74 Å². The van der Waals surface area contributed by atoms with Gasteiger partial charge in [-0.25, -0.2) is 4.39 Å². The second kappa shape index (κ2) is 9.86. The number of rotatable bonds is 6. The van der Waals surface area contributed by atoms with Crippen LogP contribution >= 0.6 is 11.8 Å². The van der Waals surface area contributed by atoms with Gasteiger partial charge in [-0.15, -0.1) is 0 Å². The summed E-state index contributed by atoms with van der Waals surface area (Å²) in [4.78, 5) is 6.51. The molecule has 1 atom stereocenters. The fraction of sp³-hybridized carbons (Fsp3) is 0.588. The van der Waals surface area contributed by atoms with Crippen molar-refractivity contribution in [1.82, 2.24) is 15.5 Å². The topological polar surface area (TPSA) is 48.9 Å². The number of guanidine groups is 1. The van der Waals surface area contributed by atoms with Crippen LogP contribution in [-0.2, 0) is 17.0 Å². The van der Waals surface area contributed by atoms with Gasteiger partial charge >= 0.3 is 0 Å². The van der Waals surface area contributed by atoms with Crippen LogP contribution in [0.5, 0.6) is 0 Å². The van der Waals surface area contributed by atoms with Gasteiger partial charge in [0.2, 0.25) is 0 Å². The van der Waals surface area contributed by atoms with Gasteiger partial charge in [0, 0.05) is 39.0 Å². The molecule has 1 saturated heterocycles. The Balaban J connectivity index is 1.85. The minimum Gasteiger partial charge on any atom is -0.374 e. The summed E-state index contributed by atoms with van der Waals surface area (Å²) in [5.41, 5.74) is 2.10. The molecule has 0 spiro atoms. The lowest BCUT2D eigenvalue weighted by molar-refractivity contribution is -0.0161. The Bertz CT molecular complexity index is 555. The van der Waals surface area contributed by atoms with Crippen LogP contribution in [0.4, 0.5) is 4.39 Å². The molecule has 0 amide bonds. The fourth-order valence-corrected chi connectivity index (χ4v) is 3.24. The first-order chi connectivity index (χ1) is 11.6. The highest BCUT2D eigenvalue weighted by Gasteiger charge is 2.17. The van der Waals surface area contributed by atoms with Crippen molar-refractivity contribution in [1.29, 1.82) is 0 Å². The summed E-state index contributed by atoms with van der Waals surface area (Å²) in [6.07, 6.45) is 2.18. The van der Waals surface area contributed by atoms with Crippen molar-refractivity contribution in [3.63, 3.8) is 0 Å². The summed E-state index contributed by atoms with van der Waals surface area (Å²) < 4.78 is 19.1. The van der Waals surface area contributed by atoms with Crippen molar-refractivity contribution in [2.45, 2.75) is 18.4 Å². The Morgan fingerprint density at radius 1 is 1.42 bits per heavy atom. The third-order valence-corrected chi connectivity index (χ3v) is 4.58. The first-order valence-corrected chi connectivity index (χ1v) is 9.52. The minimum absolute atomic E-state index is 0.167. The average molecular weight is 354 g/mol. The SMILES string of the molecule is CN=C(NCc1ccc(F)cc1CSC)NCC1CN(C)CCO1. The molecule has 2 rings (SSSR count). The zero-order valence-electron chi connectivity index (χ0n) is 14.6. The van der Waals surface area contributed by atoms with E-state index < -0.39 is 0 Å². The zero-order chi connectivity index (χ0) is 17.4. The van der Waals surface area contributed by atoms with Gasteiger partial charge < -0.3 is 20.3 Å². The molecule has 1 heterocycles. The van der Waals surface area contributed by atoms with Crippen molar-refractivity contribution in [3.8, 4) is 0 Å². The van der Waals surface area contributed by atoms with Gasteiger partial charge in [-0.05, 0) is 36.6 Å². The van der Waals surface area contributed by atoms with Crippen LogP contribution in [0.15, 0.2) is 23.2 Å². The summed E-state index contributed by atoms with van der Waals surface area (Å²) in [5.74, 6) is 1.33. The molecule has 0 radical (unpaired) electrons. The standard InChI is InChI=1S/C17H27FN4OS/c1-19-17(21-10-16-11-22(2)6-7-23-16)20-9-13-4-5-15(18)8-14(13)12-24-3/h4-5,8,16H,6-7,9-12H2,1-3H3,(H2,19,20,21). The average Bonchev–Trinajstić information content (AvgIpc) is 2.57. The first-order valence-electron chi connectivity index (χ1n) is 8.13. The highest BCUT2D eigenvalue weighted by molar-refractivity contribution is 7.97. The number of nitrogens with zero attached hydrogens (tertiary/aromatic N) is 2. The number of likely N-dealkylation sites (N-methyl/N-ethyl adjacent to an activating group) is 1. The maximum Gasteiger partial charge on any atom is 0.191 e. The Hall–Kier alpha value is -1.31. The number of hydrogen-bond donors (Lipinski definition) is 2. The smallest absolute Gasteiger partial charge is 0.191 e. The number of thioether (sulfide) groups is 1. The summed E-state index contributed by atoms with van der Waals surface area (Å²) in [6.45, 7) is 3.99. The molecule has 0 aromatic heterocycles. The Morgan fingerprint density at radius 2 is 2.25 bits per heavy atom. The Kier molecular flexibility index (Phi) is 7.81. The van der Waals surface area contributed by atoms with E-state index in [1.807, 2.05) is 12.3 Å². The van der Waals surface area contributed by atoms with E-state index in [9.17, 15) is 4.39 Å². The Morgan fingerprint density at radius 3 is 2.96 bits per heavy atom. The predicted molar refractivity (Wildman–Crippen MR) is 99.1 cm³/mol. The maximum absolute atomic E-state index is 13.4. The van der Waals surface area contributed by atoms with Crippen LogP contribution in [0.3, 0.4) is 0 Å². The number of benzene rings is 1. The van der Waals surface area contributed by atoms with Gasteiger partial charge in [-0.3, -0.25) is 4.99 Å². The van der Waals surface area contributed by atoms with Crippen molar-refractivity contribution >= 4 is 17.7 Å². The zero-order valence-corrected chi connectivity index (χ0v) is 15.5. The van der Waals surface area contributed by atoms with Gasteiger partial charge in [-0.1, -0.05) is 6.07 Å². The molecule has 1 aliphatic rings. The normalized spacial score (nSPS) is 19.3. The second-order valence-electron chi connectivity index (χ2n) is 5.91. The minimum atomic E-state index is -0.191. The largest absolute Gasteiger partial charge is 0.374 e. The van der Waals surface area contributed by atoms with Crippen LogP contribution in [0.25, 0.3) is 0 Å². The molecule has 2 N–H and O–H groups in total. The predicted octanol–water partition coefficient (Wildman–Crippen LogP) is 1.68. The molecule has 1 aromatic rings. The second-order valence-corrected chi connectivity index (χ2v) is 6.77. The number of morpholine rings is 1.